The zero-order valence-electron chi connectivity index (χ0n) is 12.3. The van der Waals surface area contributed by atoms with Gasteiger partial charge in [-0.15, -0.1) is 0 Å². The minimum atomic E-state index is -2.95. The molecule has 1 aliphatic carbocycles. The number of nitrogens with one attached hydrogen (secondary N) is 1. The Morgan fingerprint density at radius 1 is 1.35 bits per heavy atom. The van der Waals surface area contributed by atoms with Crippen LogP contribution < -0.4 is 5.32 Å². The maximum atomic E-state index is 11.5. The molecule has 0 heterocycles. The third kappa shape index (κ3) is 2.99. The van der Waals surface area contributed by atoms with Gasteiger partial charge in [0.1, 0.15) is 5.75 Å². The molecular formula is C15H23NO3S. The Balaban J connectivity index is 2.13. The fourth-order valence-electron chi connectivity index (χ4n) is 3.06. The number of fused-ring (bicyclic) bond motifs is 1. The van der Waals surface area contributed by atoms with Gasteiger partial charge in [0.05, 0.1) is 5.75 Å². The quantitative estimate of drug-likeness (QED) is 0.875. The van der Waals surface area contributed by atoms with E-state index in [1.54, 1.807) is 13.0 Å². The van der Waals surface area contributed by atoms with E-state index in [0.717, 1.165) is 12.0 Å². The number of phenolic OH excluding ortho intramolecular Hbond substituents is 1. The summed E-state index contributed by atoms with van der Waals surface area (Å²) in [6.07, 6.45) is 0.903. The molecule has 2 rings (SSSR count). The Bertz CT molecular complexity index is 595. The number of aromatic hydroxyl groups is 1. The molecule has 2 N–H and O–H groups in total. The maximum absolute atomic E-state index is 11.5. The summed E-state index contributed by atoms with van der Waals surface area (Å²) >= 11 is 0. The third-order valence-corrected chi connectivity index (χ3v) is 5.86. The normalized spacial score (nSPS) is 21.9. The van der Waals surface area contributed by atoms with E-state index in [9.17, 15) is 13.5 Å². The molecule has 1 aromatic rings. The second-order valence-corrected chi connectivity index (χ2v) is 8.08. The molecule has 2 atom stereocenters. The molecule has 0 radical (unpaired) electrons. The lowest BCUT2D eigenvalue weighted by Crippen LogP contribution is -2.27. The van der Waals surface area contributed by atoms with Gasteiger partial charge in [-0.25, -0.2) is 8.42 Å². The smallest absolute Gasteiger partial charge is 0.151 e. The third-order valence-electron chi connectivity index (χ3n) is 4.16. The van der Waals surface area contributed by atoms with Crippen LogP contribution in [0.2, 0.25) is 0 Å². The molecule has 5 heteroatoms. The first kappa shape index (κ1) is 15.3. The molecule has 1 aliphatic rings. The highest BCUT2D eigenvalue weighted by atomic mass is 32.2. The number of rotatable bonds is 5. The summed E-state index contributed by atoms with van der Waals surface area (Å²) < 4.78 is 23.0. The average Bonchev–Trinajstić information content (AvgIpc) is 2.72. The van der Waals surface area contributed by atoms with Crippen LogP contribution in [0.25, 0.3) is 0 Å². The van der Waals surface area contributed by atoms with E-state index < -0.39 is 9.84 Å². The molecule has 0 spiro atoms. The molecule has 0 bridgehead atoms. The van der Waals surface area contributed by atoms with Crippen molar-refractivity contribution in [3.63, 3.8) is 0 Å². The van der Waals surface area contributed by atoms with Gasteiger partial charge in [-0.2, -0.15) is 0 Å². The van der Waals surface area contributed by atoms with Gasteiger partial charge in [-0.05, 0) is 36.5 Å². The lowest BCUT2D eigenvalue weighted by atomic mass is 9.97. The van der Waals surface area contributed by atoms with Crippen molar-refractivity contribution in [1.82, 2.24) is 5.32 Å². The number of hydrogen-bond acceptors (Lipinski definition) is 4. The fourth-order valence-corrected chi connectivity index (χ4v) is 3.78. The number of aryl methyl sites for hydroxylation is 1. The molecule has 2 unspecified atom stereocenters. The summed E-state index contributed by atoms with van der Waals surface area (Å²) in [4.78, 5) is 0. The van der Waals surface area contributed by atoms with Gasteiger partial charge in [0, 0.05) is 23.9 Å². The van der Waals surface area contributed by atoms with Crippen molar-refractivity contribution >= 4 is 9.84 Å². The SMILES string of the molecule is CCS(=O)(=O)CCNC1CC(C)c2c(C)ccc(O)c21. The Morgan fingerprint density at radius 2 is 2.05 bits per heavy atom. The van der Waals surface area contributed by atoms with Gasteiger partial charge < -0.3 is 10.4 Å². The van der Waals surface area contributed by atoms with Crippen LogP contribution in [0.1, 0.15) is 48.9 Å². The van der Waals surface area contributed by atoms with Crippen molar-refractivity contribution in [1.29, 1.82) is 0 Å². The van der Waals surface area contributed by atoms with Crippen LogP contribution in [0.4, 0.5) is 0 Å². The monoisotopic (exact) mass is 297 g/mol. The zero-order valence-corrected chi connectivity index (χ0v) is 13.1. The van der Waals surface area contributed by atoms with Gasteiger partial charge in [0.2, 0.25) is 0 Å². The van der Waals surface area contributed by atoms with Crippen LogP contribution >= 0.6 is 0 Å². The predicted molar refractivity (Wildman–Crippen MR) is 80.9 cm³/mol. The van der Waals surface area contributed by atoms with Crippen molar-refractivity contribution in [3.05, 3.63) is 28.8 Å². The molecule has 0 saturated heterocycles. The minimum absolute atomic E-state index is 0.0481. The summed E-state index contributed by atoms with van der Waals surface area (Å²) in [6.45, 7) is 6.30. The summed E-state index contributed by atoms with van der Waals surface area (Å²) in [5.41, 5.74) is 3.35. The molecule has 0 aromatic heterocycles. The maximum Gasteiger partial charge on any atom is 0.151 e. The van der Waals surface area contributed by atoms with Gasteiger partial charge >= 0.3 is 0 Å². The second kappa shape index (κ2) is 5.74. The molecule has 0 fully saturated rings. The number of benzene rings is 1. The highest BCUT2D eigenvalue weighted by Gasteiger charge is 2.31. The molecule has 1 aromatic carbocycles. The zero-order chi connectivity index (χ0) is 14.9. The van der Waals surface area contributed by atoms with Crippen molar-refractivity contribution in [2.75, 3.05) is 18.1 Å². The van der Waals surface area contributed by atoms with Gasteiger partial charge in [-0.3, -0.25) is 0 Å². The highest BCUT2D eigenvalue weighted by Crippen LogP contribution is 2.45. The number of hydrogen-bond donors (Lipinski definition) is 2. The summed E-state index contributed by atoms with van der Waals surface area (Å²) in [5, 5.41) is 13.4. The van der Waals surface area contributed by atoms with E-state index in [1.165, 1.54) is 11.1 Å². The molecule has 0 amide bonds. The van der Waals surface area contributed by atoms with Crippen LogP contribution in [0.15, 0.2) is 12.1 Å². The fraction of sp³-hybridized carbons (Fsp3) is 0.600. The van der Waals surface area contributed by atoms with Crippen LogP contribution in [-0.4, -0.2) is 31.6 Å². The van der Waals surface area contributed by atoms with Crippen LogP contribution in [0.5, 0.6) is 5.75 Å². The Morgan fingerprint density at radius 3 is 2.70 bits per heavy atom. The Hall–Kier alpha value is -1.07. The standard InChI is InChI=1S/C15H23NO3S/c1-4-20(18,19)8-7-16-12-9-11(3)14-10(2)5-6-13(17)15(12)14/h5-6,11-12,16-17H,4,7-9H2,1-3H3. The van der Waals surface area contributed by atoms with E-state index in [4.69, 9.17) is 0 Å². The Kier molecular flexibility index (Phi) is 4.39. The first-order valence-corrected chi connectivity index (χ1v) is 8.94. The van der Waals surface area contributed by atoms with Crippen molar-refractivity contribution in [2.45, 2.75) is 39.2 Å². The topological polar surface area (TPSA) is 66.4 Å². The molecule has 4 nitrogen and oxygen atoms in total. The lowest BCUT2D eigenvalue weighted by Gasteiger charge is -2.15. The number of phenols is 1. The van der Waals surface area contributed by atoms with E-state index in [-0.39, 0.29) is 17.5 Å². The molecule has 0 aliphatic heterocycles. The second-order valence-electron chi connectivity index (χ2n) is 5.61. The van der Waals surface area contributed by atoms with E-state index in [2.05, 4.69) is 19.2 Å². The molecular weight excluding hydrogens is 274 g/mol. The van der Waals surface area contributed by atoms with Crippen LogP contribution in [0.3, 0.4) is 0 Å². The highest BCUT2D eigenvalue weighted by molar-refractivity contribution is 7.91. The molecule has 20 heavy (non-hydrogen) atoms. The van der Waals surface area contributed by atoms with Gasteiger partial charge in [0.25, 0.3) is 0 Å². The first-order chi connectivity index (χ1) is 9.35. The van der Waals surface area contributed by atoms with Crippen molar-refractivity contribution < 1.29 is 13.5 Å². The largest absolute Gasteiger partial charge is 0.508 e. The number of sulfone groups is 1. The Labute approximate surface area is 121 Å². The van der Waals surface area contributed by atoms with Gasteiger partial charge in [-0.1, -0.05) is 19.9 Å². The summed E-state index contributed by atoms with van der Waals surface area (Å²) in [6, 6.07) is 3.71. The summed E-state index contributed by atoms with van der Waals surface area (Å²) in [7, 11) is -2.95. The van der Waals surface area contributed by atoms with E-state index in [0.29, 0.717) is 18.2 Å². The van der Waals surface area contributed by atoms with Crippen molar-refractivity contribution in [2.24, 2.45) is 0 Å². The summed E-state index contributed by atoms with van der Waals surface area (Å²) in [5.74, 6) is 1.02. The van der Waals surface area contributed by atoms with Crippen molar-refractivity contribution in [3.8, 4) is 5.75 Å². The first-order valence-electron chi connectivity index (χ1n) is 7.12. The molecule has 112 valence electrons. The predicted octanol–water partition coefficient (Wildman–Crippen LogP) is 2.27. The van der Waals surface area contributed by atoms with E-state index in [1.807, 2.05) is 6.07 Å². The molecule has 0 saturated carbocycles. The minimum Gasteiger partial charge on any atom is -0.508 e. The van der Waals surface area contributed by atoms with Crippen LogP contribution in [0, 0.1) is 6.92 Å². The average molecular weight is 297 g/mol. The van der Waals surface area contributed by atoms with Gasteiger partial charge in [0.15, 0.2) is 9.84 Å². The van der Waals surface area contributed by atoms with Crippen LogP contribution in [-0.2, 0) is 9.84 Å². The lowest BCUT2D eigenvalue weighted by molar-refractivity contribution is 0.449. The van der Waals surface area contributed by atoms with E-state index >= 15 is 0 Å².